The lowest BCUT2D eigenvalue weighted by molar-refractivity contribution is -0.139. The number of aromatic nitrogens is 1. The molecule has 5 nitrogen and oxygen atoms in total. The number of nitrogens with one attached hydrogen (secondary N) is 1. The van der Waals surface area contributed by atoms with Crippen LogP contribution in [0, 0.1) is 19.7 Å². The maximum absolute atomic E-state index is 13.3. The third kappa shape index (κ3) is 4.01. The van der Waals surface area contributed by atoms with Gasteiger partial charge in [0.15, 0.2) is 0 Å². The average Bonchev–Trinajstić information content (AvgIpc) is 3.39. The lowest BCUT2D eigenvalue weighted by Gasteiger charge is -2.25. The number of ketones is 1. The van der Waals surface area contributed by atoms with Crippen LogP contribution in [0.4, 0.5) is 4.39 Å². The number of rotatable bonds is 5. The van der Waals surface area contributed by atoms with Crippen LogP contribution in [-0.4, -0.2) is 33.2 Å². The molecule has 1 atom stereocenters. The molecule has 1 aromatic heterocycles. The Morgan fingerprint density at radius 3 is 2.49 bits per heavy atom. The number of likely N-dealkylation sites (tertiary alicyclic amines) is 1. The van der Waals surface area contributed by atoms with Crippen molar-refractivity contribution in [1.82, 2.24) is 9.88 Å². The van der Waals surface area contributed by atoms with Crippen LogP contribution >= 0.6 is 0 Å². The lowest BCUT2D eigenvalue weighted by atomic mass is 9.94. The summed E-state index contributed by atoms with van der Waals surface area (Å²) in [7, 11) is 0. The zero-order chi connectivity index (χ0) is 24.7. The number of nitrogens with zero attached hydrogens (tertiary/aromatic N) is 1. The lowest BCUT2D eigenvalue weighted by Crippen LogP contribution is -2.31. The molecule has 1 fully saturated rings. The van der Waals surface area contributed by atoms with E-state index in [1.54, 1.807) is 24.4 Å². The van der Waals surface area contributed by atoms with E-state index in [9.17, 15) is 19.1 Å². The van der Waals surface area contributed by atoms with Crippen molar-refractivity contribution in [1.29, 1.82) is 0 Å². The van der Waals surface area contributed by atoms with Gasteiger partial charge in [-0.3, -0.25) is 9.59 Å². The number of fused-ring (bicyclic) bond motifs is 1. The van der Waals surface area contributed by atoms with Crippen LogP contribution in [0.15, 0.2) is 78.5 Å². The first-order chi connectivity index (χ1) is 16.8. The molecule has 0 spiro atoms. The van der Waals surface area contributed by atoms with Gasteiger partial charge in [0.1, 0.15) is 11.6 Å². The summed E-state index contributed by atoms with van der Waals surface area (Å²) in [6.07, 6.45) is 2.23. The first-order valence-corrected chi connectivity index (χ1v) is 11.5. The number of Topliss-reactive ketones (excluding diaryl/α,β-unsaturated/α-hetero) is 1. The van der Waals surface area contributed by atoms with Crippen molar-refractivity contribution in [2.45, 2.75) is 26.3 Å². The second-order valence-electron chi connectivity index (χ2n) is 8.96. The molecule has 3 aromatic carbocycles. The summed E-state index contributed by atoms with van der Waals surface area (Å²) in [5, 5.41) is 12.2. The number of aliphatic hydroxyl groups is 1. The van der Waals surface area contributed by atoms with Crippen molar-refractivity contribution in [3.8, 4) is 0 Å². The Hall–Kier alpha value is -4.19. The first-order valence-electron chi connectivity index (χ1n) is 11.5. The molecule has 5 rings (SSSR count). The maximum Gasteiger partial charge on any atom is 0.295 e. The number of carbonyl (C=O) groups is 2. The second kappa shape index (κ2) is 8.87. The summed E-state index contributed by atoms with van der Waals surface area (Å²) >= 11 is 0. The van der Waals surface area contributed by atoms with Crippen molar-refractivity contribution in [2.24, 2.45) is 0 Å². The van der Waals surface area contributed by atoms with Crippen molar-refractivity contribution in [3.63, 3.8) is 0 Å². The van der Waals surface area contributed by atoms with Crippen LogP contribution in [0.2, 0.25) is 0 Å². The Bertz CT molecular complexity index is 1480. The molecule has 1 saturated heterocycles. The molecule has 2 heterocycles. The van der Waals surface area contributed by atoms with Gasteiger partial charge in [-0.15, -0.1) is 0 Å². The fraction of sp³-hybridized carbons (Fsp3) is 0.172. The zero-order valence-electron chi connectivity index (χ0n) is 19.5. The molecule has 1 unspecified atom stereocenters. The highest BCUT2D eigenvalue weighted by atomic mass is 19.1. The Kier molecular flexibility index (Phi) is 5.73. The van der Waals surface area contributed by atoms with Crippen molar-refractivity contribution in [2.75, 3.05) is 6.54 Å². The van der Waals surface area contributed by atoms with Crippen molar-refractivity contribution >= 4 is 28.4 Å². The number of amides is 1. The van der Waals surface area contributed by atoms with Gasteiger partial charge in [-0.2, -0.15) is 0 Å². The van der Waals surface area contributed by atoms with Gasteiger partial charge in [0.05, 0.1) is 11.6 Å². The quantitative estimate of drug-likeness (QED) is 0.228. The predicted molar refractivity (Wildman–Crippen MR) is 133 cm³/mol. The average molecular weight is 469 g/mol. The van der Waals surface area contributed by atoms with Crippen LogP contribution in [0.1, 0.15) is 33.9 Å². The molecule has 0 bridgehead atoms. The number of aryl methyl sites for hydroxylation is 2. The number of H-pyrrole nitrogens is 1. The molecule has 176 valence electrons. The van der Waals surface area contributed by atoms with Gasteiger partial charge >= 0.3 is 0 Å². The molecule has 6 heteroatoms. The minimum Gasteiger partial charge on any atom is -0.507 e. The number of hydrogen-bond donors (Lipinski definition) is 2. The summed E-state index contributed by atoms with van der Waals surface area (Å²) in [6, 6.07) is 18.5. The summed E-state index contributed by atoms with van der Waals surface area (Å²) in [5.74, 6) is -1.89. The summed E-state index contributed by atoms with van der Waals surface area (Å²) < 4.78 is 13.3. The van der Waals surface area contributed by atoms with E-state index in [1.165, 1.54) is 17.0 Å². The number of para-hydroxylation sites is 1. The zero-order valence-corrected chi connectivity index (χ0v) is 19.5. The number of carbonyl (C=O) groups excluding carboxylic acids is 2. The molecular formula is C29H25FN2O3. The summed E-state index contributed by atoms with van der Waals surface area (Å²) in [6.45, 7) is 4.15. The molecule has 2 N–H and O–H groups in total. The fourth-order valence-corrected chi connectivity index (χ4v) is 4.70. The third-order valence-corrected chi connectivity index (χ3v) is 6.79. The van der Waals surface area contributed by atoms with Crippen LogP contribution in [0.5, 0.6) is 0 Å². The molecule has 35 heavy (non-hydrogen) atoms. The van der Waals surface area contributed by atoms with E-state index in [4.69, 9.17) is 0 Å². The predicted octanol–water partition coefficient (Wildman–Crippen LogP) is 5.59. The van der Waals surface area contributed by atoms with E-state index in [1.807, 2.05) is 50.2 Å². The molecule has 1 amide bonds. The number of benzene rings is 3. The van der Waals surface area contributed by atoms with Gasteiger partial charge < -0.3 is 15.0 Å². The summed E-state index contributed by atoms with van der Waals surface area (Å²) in [5.41, 5.74) is 5.07. The van der Waals surface area contributed by atoms with Gasteiger partial charge in [-0.1, -0.05) is 42.5 Å². The Morgan fingerprint density at radius 2 is 1.74 bits per heavy atom. The number of hydrogen-bond acceptors (Lipinski definition) is 3. The van der Waals surface area contributed by atoms with E-state index in [-0.39, 0.29) is 23.7 Å². The largest absolute Gasteiger partial charge is 0.507 e. The molecule has 0 saturated carbocycles. The van der Waals surface area contributed by atoms with Gasteiger partial charge in [0, 0.05) is 34.8 Å². The van der Waals surface area contributed by atoms with E-state index >= 15 is 0 Å². The molecule has 4 aromatic rings. The summed E-state index contributed by atoms with van der Waals surface area (Å²) in [4.78, 5) is 31.3. The van der Waals surface area contributed by atoms with Crippen molar-refractivity contribution < 1.29 is 19.1 Å². The monoisotopic (exact) mass is 468 g/mol. The van der Waals surface area contributed by atoms with E-state index in [0.29, 0.717) is 12.0 Å². The Balaban J connectivity index is 1.63. The number of aliphatic hydroxyl groups excluding tert-OH is 1. The Labute approximate surface area is 202 Å². The second-order valence-corrected chi connectivity index (χ2v) is 8.96. The normalized spacial score (nSPS) is 17.5. The van der Waals surface area contributed by atoms with Gasteiger partial charge in [0.25, 0.3) is 11.7 Å². The maximum atomic E-state index is 13.3. The number of halogens is 1. The molecular weight excluding hydrogens is 443 g/mol. The van der Waals surface area contributed by atoms with E-state index in [2.05, 4.69) is 4.98 Å². The van der Waals surface area contributed by atoms with Crippen LogP contribution in [-0.2, 0) is 16.0 Å². The highest BCUT2D eigenvalue weighted by Crippen LogP contribution is 2.42. The van der Waals surface area contributed by atoms with Gasteiger partial charge in [-0.25, -0.2) is 4.39 Å². The SMILES string of the molecule is Cc1ccc(/C(O)=C2\C(=O)C(=O)N(CCc3ccc(F)cc3)C2c2c[nH]c3ccccc23)cc1C. The van der Waals surface area contributed by atoms with E-state index < -0.39 is 17.7 Å². The Morgan fingerprint density at radius 1 is 1.00 bits per heavy atom. The topological polar surface area (TPSA) is 73.4 Å². The van der Waals surface area contributed by atoms with Crippen molar-refractivity contribution in [3.05, 3.63) is 112 Å². The minimum absolute atomic E-state index is 0.0714. The third-order valence-electron chi connectivity index (χ3n) is 6.79. The van der Waals surface area contributed by atoms with E-state index in [0.717, 1.165) is 33.2 Å². The van der Waals surface area contributed by atoms with Gasteiger partial charge in [0.2, 0.25) is 0 Å². The molecule has 1 aliphatic heterocycles. The molecule has 1 aliphatic rings. The minimum atomic E-state index is -0.756. The standard InChI is InChI=1S/C29H25FN2O3/c1-17-7-10-20(15-18(17)2)27(33)25-26(23-16-31-24-6-4-3-5-22(23)24)32(29(35)28(25)34)14-13-19-8-11-21(30)12-9-19/h3-12,15-16,26,31,33H,13-14H2,1-2H3/b27-25+. The number of aromatic amines is 1. The van der Waals surface area contributed by atoms with Gasteiger partial charge in [-0.05, 0) is 61.2 Å². The smallest absolute Gasteiger partial charge is 0.295 e. The first kappa shape index (κ1) is 22.6. The highest BCUT2D eigenvalue weighted by Gasteiger charge is 2.46. The van der Waals surface area contributed by atoms with Crippen LogP contribution in [0.25, 0.3) is 16.7 Å². The fourth-order valence-electron chi connectivity index (χ4n) is 4.70. The van der Waals surface area contributed by atoms with Crippen LogP contribution < -0.4 is 0 Å². The van der Waals surface area contributed by atoms with Crippen LogP contribution in [0.3, 0.4) is 0 Å². The molecule has 0 radical (unpaired) electrons. The highest BCUT2D eigenvalue weighted by molar-refractivity contribution is 6.46. The molecule has 0 aliphatic carbocycles.